The van der Waals surface area contributed by atoms with E-state index in [-0.39, 0.29) is 35.6 Å². The summed E-state index contributed by atoms with van der Waals surface area (Å²) < 4.78 is 1.42. The molecular formula is C58H62Cl2Zr-2. The Bertz CT molecular complexity index is 2300. The van der Waals surface area contributed by atoms with Crippen molar-refractivity contribution < 1.29 is 49.0 Å². The molecule has 6 aromatic rings. The summed E-state index contributed by atoms with van der Waals surface area (Å²) in [4.78, 5) is 0. The van der Waals surface area contributed by atoms with Crippen LogP contribution in [0.25, 0.3) is 33.4 Å². The van der Waals surface area contributed by atoms with Crippen LogP contribution in [0.1, 0.15) is 120 Å². The number of fused-ring (bicyclic) bond motifs is 3. The normalized spacial score (nSPS) is 12.6. The third-order valence-corrected chi connectivity index (χ3v) is 13.2. The Morgan fingerprint density at radius 2 is 1.08 bits per heavy atom. The predicted molar refractivity (Wildman–Crippen MR) is 252 cm³/mol. The third-order valence-electron chi connectivity index (χ3n) is 11.8. The first kappa shape index (κ1) is 49.8. The zero-order valence-corrected chi connectivity index (χ0v) is 42.1. The van der Waals surface area contributed by atoms with Gasteiger partial charge < -0.3 is 24.8 Å². The van der Waals surface area contributed by atoms with Crippen molar-refractivity contribution in [2.45, 2.75) is 106 Å². The second-order valence-electron chi connectivity index (χ2n) is 19.0. The van der Waals surface area contributed by atoms with Crippen LogP contribution in [0.5, 0.6) is 0 Å². The second-order valence-corrected chi connectivity index (χ2v) is 20.2. The molecule has 6 aromatic carbocycles. The molecule has 8 rings (SSSR count). The van der Waals surface area contributed by atoms with E-state index in [9.17, 15) is 0 Å². The molecule has 0 unspecified atom stereocenters. The minimum Gasteiger partial charge on any atom is -1.00 e. The van der Waals surface area contributed by atoms with Crippen LogP contribution in [0.2, 0.25) is 0 Å². The van der Waals surface area contributed by atoms with Crippen LogP contribution in [0.4, 0.5) is 0 Å². The molecule has 3 heteroatoms. The fourth-order valence-corrected chi connectivity index (χ4v) is 8.59. The molecule has 0 radical (unpaired) electrons. The first-order valence-electron chi connectivity index (χ1n) is 21.3. The van der Waals surface area contributed by atoms with E-state index in [1.54, 1.807) is 0 Å². The first-order valence-corrected chi connectivity index (χ1v) is 22.6. The maximum Gasteiger partial charge on any atom is -1.00 e. The van der Waals surface area contributed by atoms with Crippen LogP contribution >= 0.6 is 0 Å². The van der Waals surface area contributed by atoms with E-state index in [2.05, 4.69) is 228 Å². The summed E-state index contributed by atoms with van der Waals surface area (Å²) >= 11 is 1.46. The molecule has 0 atom stereocenters. The summed E-state index contributed by atoms with van der Waals surface area (Å²) in [5.41, 5.74) is 20.5. The van der Waals surface area contributed by atoms with E-state index in [1.165, 1.54) is 117 Å². The fourth-order valence-electron chi connectivity index (χ4n) is 7.77. The molecular weight excluding hydrogens is 859 g/mol. The van der Waals surface area contributed by atoms with Gasteiger partial charge >= 0.3 is 112 Å². The van der Waals surface area contributed by atoms with Gasteiger partial charge in [0, 0.05) is 0 Å². The molecule has 0 heterocycles. The summed E-state index contributed by atoms with van der Waals surface area (Å²) in [6.45, 7) is 24.9. The van der Waals surface area contributed by atoms with Crippen LogP contribution in [-0.2, 0) is 41.5 Å². The Balaban J connectivity index is 0.000000243. The smallest absolute Gasteiger partial charge is 1.00 e. The average Bonchev–Trinajstić information content (AvgIpc) is 3.90. The van der Waals surface area contributed by atoms with Crippen LogP contribution in [-0.4, -0.2) is 3.21 Å². The van der Waals surface area contributed by atoms with Gasteiger partial charge in [0.2, 0.25) is 0 Å². The van der Waals surface area contributed by atoms with Gasteiger partial charge in [0.15, 0.2) is 0 Å². The van der Waals surface area contributed by atoms with Crippen molar-refractivity contribution in [3.05, 3.63) is 202 Å². The molecule has 0 aromatic heterocycles. The summed E-state index contributed by atoms with van der Waals surface area (Å²) in [7, 11) is 0. The van der Waals surface area contributed by atoms with Crippen molar-refractivity contribution in [2.75, 3.05) is 0 Å². The van der Waals surface area contributed by atoms with Crippen molar-refractivity contribution in [3.63, 3.8) is 0 Å². The zero-order valence-electron chi connectivity index (χ0n) is 38.2. The summed E-state index contributed by atoms with van der Waals surface area (Å²) in [6, 6.07) is 50.4. The SMILES string of the molecule is CC(C)(C)c1cc2c([c-]c1-c1ccccc1)Cc1cc(-c3ccccc3)c(C(C)(C)C)cc1-2.CCC(C)(C)C1=[C-]CC=C1.Cc1ccc([C](=[Zr+2])c2ccc(C)cc2)cc1.[Cl-].[Cl-]. The molecule has 0 N–H and O–H groups in total. The molecule has 61 heavy (non-hydrogen) atoms. The maximum atomic E-state index is 3.88. The van der Waals surface area contributed by atoms with Crippen LogP contribution in [0.15, 0.2) is 145 Å². The fraction of sp³-hybridized carbons (Fsp3) is 0.293. The number of allylic oxidation sites excluding steroid dienone is 4. The van der Waals surface area contributed by atoms with Gasteiger partial charge in [-0.1, -0.05) is 152 Å². The van der Waals surface area contributed by atoms with Gasteiger partial charge in [-0.15, -0.1) is 35.2 Å². The number of rotatable bonds is 6. The number of benzene rings is 6. The van der Waals surface area contributed by atoms with Crippen molar-refractivity contribution in [2.24, 2.45) is 5.41 Å². The minimum absolute atomic E-state index is 0. The van der Waals surface area contributed by atoms with E-state index in [1.807, 2.05) is 0 Å². The quantitative estimate of drug-likeness (QED) is 0.146. The topological polar surface area (TPSA) is 0 Å². The monoisotopic (exact) mass is 918 g/mol. The van der Waals surface area contributed by atoms with Crippen LogP contribution in [0.3, 0.4) is 0 Å². The number of hydrogen-bond donors (Lipinski definition) is 0. The molecule has 2 aliphatic rings. The Labute approximate surface area is 396 Å². The third kappa shape index (κ3) is 12.2. The van der Waals surface area contributed by atoms with Crippen molar-refractivity contribution in [1.29, 1.82) is 0 Å². The Kier molecular flexibility index (Phi) is 17.1. The van der Waals surface area contributed by atoms with Crippen molar-refractivity contribution >= 4 is 3.21 Å². The molecule has 0 aliphatic heterocycles. The summed E-state index contributed by atoms with van der Waals surface area (Å²) in [5, 5.41) is 0. The van der Waals surface area contributed by atoms with E-state index >= 15 is 0 Å². The van der Waals surface area contributed by atoms with Crippen molar-refractivity contribution in [1.82, 2.24) is 0 Å². The molecule has 0 saturated carbocycles. The number of halogens is 2. The molecule has 0 saturated heterocycles. The summed E-state index contributed by atoms with van der Waals surface area (Å²) in [6.07, 6.45) is 10.9. The van der Waals surface area contributed by atoms with E-state index in [0.717, 1.165) is 12.8 Å². The Morgan fingerprint density at radius 3 is 1.54 bits per heavy atom. The molecule has 0 fully saturated rings. The standard InChI is InChI=1S/C33H33.C15H14.C10H15.2ClH.Zr/c1-32(2,3)30-20-26-24(18-28(30)22-13-9-7-10-14-22)17-25-19-29(23-15-11-8-12-16-23)31(21-27(25)26)33(4,5)6;1-12-3-7-14(8-4-12)11-15-9-5-13(2)6-10-15;1-4-10(2,3)9-7-5-6-8-9;;;/h7-16,18,20-21H,17H2,1-6H3;3-10H,1-2H3;5,7H,4,6H2,1-3H3;2*1H;/q-1;;-1;;;+2/p-2. The molecule has 0 bridgehead atoms. The van der Waals surface area contributed by atoms with Gasteiger partial charge in [-0.3, -0.25) is 6.08 Å². The van der Waals surface area contributed by atoms with Gasteiger partial charge in [0.05, 0.1) is 0 Å². The molecule has 314 valence electrons. The van der Waals surface area contributed by atoms with Gasteiger partial charge in [-0.25, -0.2) is 11.6 Å². The molecule has 0 amide bonds. The average molecular weight is 921 g/mol. The molecule has 0 spiro atoms. The van der Waals surface area contributed by atoms with Crippen LogP contribution in [0, 0.1) is 31.4 Å². The van der Waals surface area contributed by atoms with Gasteiger partial charge in [-0.2, -0.15) is 6.08 Å². The van der Waals surface area contributed by atoms with E-state index < -0.39 is 0 Å². The molecule has 2 aliphatic carbocycles. The Hall–Kier alpha value is -3.87. The van der Waals surface area contributed by atoms with Gasteiger partial charge in [0.1, 0.15) is 0 Å². The Morgan fingerprint density at radius 1 is 0.590 bits per heavy atom. The first-order chi connectivity index (χ1) is 28.0. The van der Waals surface area contributed by atoms with Gasteiger partial charge in [-0.05, 0) is 51.3 Å². The number of aryl methyl sites for hydroxylation is 2. The molecule has 0 nitrogen and oxygen atoms in total. The summed E-state index contributed by atoms with van der Waals surface area (Å²) in [5.74, 6) is 0. The maximum absolute atomic E-state index is 3.88. The number of hydrogen-bond acceptors (Lipinski definition) is 0. The minimum atomic E-state index is 0. The predicted octanol–water partition coefficient (Wildman–Crippen LogP) is 9.53. The largest absolute Gasteiger partial charge is 1.00 e. The van der Waals surface area contributed by atoms with E-state index in [4.69, 9.17) is 0 Å². The van der Waals surface area contributed by atoms with Gasteiger partial charge in [0.25, 0.3) is 0 Å². The van der Waals surface area contributed by atoms with Crippen molar-refractivity contribution in [3.8, 4) is 33.4 Å². The van der Waals surface area contributed by atoms with Crippen LogP contribution < -0.4 is 24.8 Å². The second kappa shape index (κ2) is 21.0. The zero-order chi connectivity index (χ0) is 42.5. The van der Waals surface area contributed by atoms with E-state index in [0.29, 0.717) is 5.41 Å².